The number of aliphatic hydroxyl groups is 2. The Bertz CT molecular complexity index is 224. The fourth-order valence-corrected chi connectivity index (χ4v) is 1.60. The molecule has 0 saturated carbocycles. The third kappa shape index (κ3) is 4.92. The van der Waals surface area contributed by atoms with Gasteiger partial charge in [0, 0.05) is 19.6 Å². The molecule has 0 radical (unpaired) electrons. The Morgan fingerprint density at radius 1 is 1.62 bits per heavy atom. The van der Waals surface area contributed by atoms with Crippen molar-refractivity contribution in [2.24, 2.45) is 0 Å². The molecule has 0 aromatic rings. The molecule has 0 bridgehead atoms. The molecule has 2 unspecified atom stereocenters. The van der Waals surface area contributed by atoms with E-state index in [-0.39, 0.29) is 25.2 Å². The summed E-state index contributed by atoms with van der Waals surface area (Å²) in [6, 6.07) is 0. The number of hydrogen-bond donors (Lipinski definition) is 3. The molecule has 1 saturated heterocycles. The first-order chi connectivity index (χ1) is 7.53. The second-order valence-corrected chi connectivity index (χ2v) is 4.61. The monoisotopic (exact) mass is 231 g/mol. The van der Waals surface area contributed by atoms with Gasteiger partial charge in [-0.15, -0.1) is 0 Å². The Labute approximate surface area is 95.8 Å². The van der Waals surface area contributed by atoms with Gasteiger partial charge in [-0.3, -0.25) is 4.79 Å². The van der Waals surface area contributed by atoms with Gasteiger partial charge in [0.1, 0.15) is 5.60 Å². The summed E-state index contributed by atoms with van der Waals surface area (Å²) in [5.41, 5.74) is -1.24. The summed E-state index contributed by atoms with van der Waals surface area (Å²) in [5.74, 6) is -0.107. The second-order valence-electron chi connectivity index (χ2n) is 4.61. The van der Waals surface area contributed by atoms with Gasteiger partial charge in [-0.25, -0.2) is 0 Å². The third-order valence-corrected chi connectivity index (χ3v) is 2.72. The highest BCUT2D eigenvalue weighted by Crippen LogP contribution is 2.16. The van der Waals surface area contributed by atoms with Crippen LogP contribution in [0.5, 0.6) is 0 Å². The Morgan fingerprint density at radius 2 is 2.38 bits per heavy atom. The van der Waals surface area contributed by atoms with Crippen molar-refractivity contribution in [3.8, 4) is 0 Å². The normalized spacial score (nSPS) is 24.1. The summed E-state index contributed by atoms with van der Waals surface area (Å²) >= 11 is 0. The van der Waals surface area contributed by atoms with E-state index in [4.69, 9.17) is 9.84 Å². The largest absolute Gasteiger partial charge is 0.393 e. The van der Waals surface area contributed by atoms with E-state index in [1.165, 1.54) is 6.92 Å². The Balaban J connectivity index is 2.10. The van der Waals surface area contributed by atoms with E-state index in [1.54, 1.807) is 0 Å². The quantitative estimate of drug-likeness (QED) is 0.592. The maximum Gasteiger partial charge on any atom is 0.220 e. The van der Waals surface area contributed by atoms with Crippen LogP contribution >= 0.6 is 0 Å². The zero-order valence-electron chi connectivity index (χ0n) is 9.74. The van der Waals surface area contributed by atoms with Gasteiger partial charge in [0.25, 0.3) is 0 Å². The van der Waals surface area contributed by atoms with Gasteiger partial charge in [0.05, 0.1) is 12.7 Å². The minimum absolute atomic E-state index is 0.0772. The Morgan fingerprint density at radius 3 is 2.94 bits per heavy atom. The van der Waals surface area contributed by atoms with E-state index in [0.29, 0.717) is 6.42 Å². The lowest BCUT2D eigenvalue weighted by molar-refractivity contribution is -0.123. The SMILES string of the molecule is CC(O)(CO)CNC(=O)CCC1CCCO1. The number of nitrogens with one attached hydrogen (secondary N) is 1. The summed E-state index contributed by atoms with van der Waals surface area (Å²) in [4.78, 5) is 11.4. The van der Waals surface area contributed by atoms with E-state index in [0.717, 1.165) is 25.9 Å². The molecule has 0 aromatic carbocycles. The van der Waals surface area contributed by atoms with Gasteiger partial charge in [-0.1, -0.05) is 0 Å². The number of aliphatic hydroxyl groups excluding tert-OH is 1. The zero-order valence-corrected chi connectivity index (χ0v) is 9.74. The standard InChI is InChI=1S/C11H21NO4/c1-11(15,8-13)7-12-10(14)5-4-9-3-2-6-16-9/h9,13,15H,2-8H2,1H3,(H,12,14). The molecule has 5 heteroatoms. The van der Waals surface area contributed by atoms with Crippen molar-refractivity contribution in [3.05, 3.63) is 0 Å². The highest BCUT2D eigenvalue weighted by atomic mass is 16.5. The van der Waals surface area contributed by atoms with Crippen molar-refractivity contribution in [3.63, 3.8) is 0 Å². The minimum atomic E-state index is -1.24. The van der Waals surface area contributed by atoms with Crippen LogP contribution in [-0.2, 0) is 9.53 Å². The number of hydrogen-bond acceptors (Lipinski definition) is 4. The average Bonchev–Trinajstić information content (AvgIpc) is 2.76. The molecule has 0 spiro atoms. The highest BCUT2D eigenvalue weighted by molar-refractivity contribution is 5.75. The number of amides is 1. The van der Waals surface area contributed by atoms with Crippen molar-refractivity contribution >= 4 is 5.91 Å². The molecular weight excluding hydrogens is 210 g/mol. The number of ether oxygens (including phenoxy) is 1. The third-order valence-electron chi connectivity index (χ3n) is 2.72. The molecule has 1 aliphatic heterocycles. The van der Waals surface area contributed by atoms with Gasteiger partial charge in [-0.2, -0.15) is 0 Å². The fraction of sp³-hybridized carbons (Fsp3) is 0.909. The minimum Gasteiger partial charge on any atom is -0.393 e. The van der Waals surface area contributed by atoms with Crippen LogP contribution in [0.1, 0.15) is 32.6 Å². The number of carbonyl (C=O) groups excluding carboxylic acids is 1. The summed E-state index contributed by atoms with van der Waals surface area (Å²) in [5, 5.41) is 20.8. The van der Waals surface area contributed by atoms with Crippen molar-refractivity contribution in [2.75, 3.05) is 19.8 Å². The van der Waals surface area contributed by atoms with E-state index in [9.17, 15) is 9.90 Å². The fourth-order valence-electron chi connectivity index (χ4n) is 1.60. The summed E-state index contributed by atoms with van der Waals surface area (Å²) < 4.78 is 5.40. The van der Waals surface area contributed by atoms with E-state index in [2.05, 4.69) is 5.32 Å². The molecule has 0 aromatic heterocycles. The van der Waals surface area contributed by atoms with Gasteiger partial charge >= 0.3 is 0 Å². The van der Waals surface area contributed by atoms with Crippen molar-refractivity contribution in [1.29, 1.82) is 0 Å². The summed E-state index contributed by atoms with van der Waals surface area (Å²) in [6.45, 7) is 1.99. The van der Waals surface area contributed by atoms with Crippen LogP contribution in [0, 0.1) is 0 Å². The number of carbonyl (C=O) groups is 1. The summed E-state index contributed by atoms with van der Waals surface area (Å²) in [7, 11) is 0. The lowest BCUT2D eigenvalue weighted by atomic mass is 10.1. The van der Waals surface area contributed by atoms with Gasteiger partial charge < -0.3 is 20.3 Å². The molecule has 5 nitrogen and oxygen atoms in total. The number of rotatable bonds is 6. The predicted octanol–water partition coefficient (Wildman–Crippen LogP) is -0.195. The first-order valence-corrected chi connectivity index (χ1v) is 5.75. The smallest absolute Gasteiger partial charge is 0.220 e. The second kappa shape index (κ2) is 6.18. The predicted molar refractivity (Wildman–Crippen MR) is 58.9 cm³/mol. The molecule has 1 aliphatic rings. The van der Waals surface area contributed by atoms with E-state index in [1.807, 2.05) is 0 Å². The van der Waals surface area contributed by atoms with Crippen LogP contribution in [0.25, 0.3) is 0 Å². The zero-order chi connectivity index (χ0) is 12.0. The molecule has 3 N–H and O–H groups in total. The lowest BCUT2D eigenvalue weighted by Gasteiger charge is -2.20. The van der Waals surface area contributed by atoms with Crippen LogP contribution in [0.15, 0.2) is 0 Å². The van der Waals surface area contributed by atoms with Crippen molar-refractivity contribution in [2.45, 2.75) is 44.3 Å². The molecule has 1 rings (SSSR count). The van der Waals surface area contributed by atoms with E-state index < -0.39 is 5.60 Å². The highest BCUT2D eigenvalue weighted by Gasteiger charge is 2.21. The van der Waals surface area contributed by atoms with E-state index >= 15 is 0 Å². The maximum atomic E-state index is 11.4. The summed E-state index contributed by atoms with van der Waals surface area (Å²) in [6.07, 6.45) is 3.45. The molecule has 1 fully saturated rings. The molecule has 94 valence electrons. The van der Waals surface area contributed by atoms with Crippen LogP contribution in [0.4, 0.5) is 0 Å². The van der Waals surface area contributed by atoms with Crippen LogP contribution in [-0.4, -0.2) is 47.6 Å². The van der Waals surface area contributed by atoms with Crippen molar-refractivity contribution in [1.82, 2.24) is 5.32 Å². The first kappa shape index (κ1) is 13.4. The average molecular weight is 231 g/mol. The van der Waals surface area contributed by atoms with Crippen LogP contribution < -0.4 is 5.32 Å². The Kier molecular flexibility index (Phi) is 5.18. The lowest BCUT2D eigenvalue weighted by Crippen LogP contribution is -2.43. The first-order valence-electron chi connectivity index (χ1n) is 5.75. The molecule has 1 amide bonds. The topological polar surface area (TPSA) is 78.8 Å². The molecular formula is C11H21NO4. The van der Waals surface area contributed by atoms with Gasteiger partial charge in [0.2, 0.25) is 5.91 Å². The molecule has 2 atom stereocenters. The molecule has 16 heavy (non-hydrogen) atoms. The van der Waals surface area contributed by atoms with Crippen LogP contribution in [0.3, 0.4) is 0 Å². The van der Waals surface area contributed by atoms with Crippen molar-refractivity contribution < 1.29 is 19.7 Å². The van der Waals surface area contributed by atoms with Crippen LogP contribution in [0.2, 0.25) is 0 Å². The molecule has 0 aliphatic carbocycles. The van der Waals surface area contributed by atoms with Gasteiger partial charge in [0.15, 0.2) is 0 Å². The Hall–Kier alpha value is -0.650. The molecule has 1 heterocycles. The van der Waals surface area contributed by atoms with Gasteiger partial charge in [-0.05, 0) is 26.2 Å². The maximum absolute atomic E-state index is 11.4.